The molecule has 0 saturated heterocycles. The molecule has 15 heavy (non-hydrogen) atoms. The summed E-state index contributed by atoms with van der Waals surface area (Å²) in [7, 11) is 0. The summed E-state index contributed by atoms with van der Waals surface area (Å²) < 4.78 is 0. The number of rotatable bonds is 5. The molecule has 0 aliphatic rings. The molecule has 0 fully saturated rings. The van der Waals surface area contributed by atoms with Gasteiger partial charge < -0.3 is 0 Å². The molecule has 0 aromatic heterocycles. The van der Waals surface area contributed by atoms with E-state index >= 15 is 0 Å². The minimum absolute atomic E-state index is 0.390. The largest absolute Gasteiger partial charge is 0.373 e. The first kappa shape index (κ1) is 11.7. The molecule has 3 nitrogen and oxygen atoms in total. The lowest BCUT2D eigenvalue weighted by molar-refractivity contribution is -0.241. The van der Waals surface area contributed by atoms with Crippen LogP contribution in [0.25, 0.3) is 0 Å². The Morgan fingerprint density at radius 3 is 2.60 bits per heavy atom. The van der Waals surface area contributed by atoms with Gasteiger partial charge in [0.2, 0.25) is 0 Å². The molecule has 0 heterocycles. The van der Waals surface area contributed by atoms with Gasteiger partial charge in [0.05, 0.1) is 12.2 Å². The van der Waals surface area contributed by atoms with Crippen molar-refractivity contribution < 1.29 is 14.6 Å². The average molecular weight is 207 g/mol. The summed E-state index contributed by atoms with van der Waals surface area (Å²) in [6.07, 6.45) is 1.54. The monoisotopic (exact) mass is 207 g/mol. The molecule has 81 valence electrons. The van der Waals surface area contributed by atoms with Gasteiger partial charge in [0.1, 0.15) is 0 Å². The Balaban J connectivity index is 2.37. The third kappa shape index (κ3) is 4.13. The van der Waals surface area contributed by atoms with Gasteiger partial charge in [-0.05, 0) is 25.5 Å². The van der Waals surface area contributed by atoms with Crippen molar-refractivity contribution in [2.24, 2.45) is 0 Å². The minimum Gasteiger partial charge on any atom is -0.293 e. The second-order valence-electron chi connectivity index (χ2n) is 3.27. The van der Waals surface area contributed by atoms with Gasteiger partial charge in [0, 0.05) is 0 Å². The van der Waals surface area contributed by atoms with E-state index in [1.807, 2.05) is 19.1 Å². The van der Waals surface area contributed by atoms with Crippen LogP contribution >= 0.6 is 0 Å². The molecule has 0 N–H and O–H groups in total. The van der Waals surface area contributed by atoms with Gasteiger partial charge in [-0.2, -0.15) is 4.89 Å². The first-order chi connectivity index (χ1) is 7.24. The van der Waals surface area contributed by atoms with E-state index in [1.165, 1.54) is 0 Å². The zero-order chi connectivity index (χ0) is 11.1. The van der Waals surface area contributed by atoms with Crippen molar-refractivity contribution in [1.29, 1.82) is 0 Å². The summed E-state index contributed by atoms with van der Waals surface area (Å²) in [5.74, 6) is -0.459. The number of carbonyl (C=O) groups excluding carboxylic acids is 1. The molecule has 0 spiro atoms. The lowest BCUT2D eigenvalue weighted by Gasteiger charge is -2.02. The third-order valence-corrected chi connectivity index (χ3v) is 1.90. The number of hydrogen-bond acceptors (Lipinski definition) is 3. The fraction of sp³-hybridized carbons (Fsp3) is 0.333. The maximum absolute atomic E-state index is 11.4. The molecular formula is C12H15O3. The van der Waals surface area contributed by atoms with Crippen molar-refractivity contribution in [2.75, 3.05) is 6.61 Å². The quantitative estimate of drug-likeness (QED) is 0.423. The minimum atomic E-state index is -0.459. The average Bonchev–Trinajstić information content (AvgIpc) is 2.25. The number of aryl methyl sites for hydroxylation is 1. The van der Waals surface area contributed by atoms with E-state index in [4.69, 9.17) is 4.89 Å². The highest BCUT2D eigenvalue weighted by atomic mass is 17.2. The molecule has 0 amide bonds. The molecule has 1 rings (SSSR count). The van der Waals surface area contributed by atoms with Gasteiger partial charge >= 0.3 is 5.97 Å². The second-order valence-corrected chi connectivity index (χ2v) is 3.27. The second kappa shape index (κ2) is 6.19. The molecule has 0 aliphatic heterocycles. The maximum atomic E-state index is 11.4. The highest BCUT2D eigenvalue weighted by Gasteiger charge is 2.06. The normalized spacial score (nSPS) is 10.0. The van der Waals surface area contributed by atoms with Crippen molar-refractivity contribution in [3.63, 3.8) is 0 Å². The summed E-state index contributed by atoms with van der Waals surface area (Å²) in [5.41, 5.74) is 1.60. The molecule has 0 atom stereocenters. The molecule has 3 heteroatoms. The molecule has 0 unspecified atom stereocenters. The Morgan fingerprint density at radius 2 is 2.00 bits per heavy atom. The van der Waals surface area contributed by atoms with Gasteiger partial charge in [-0.25, -0.2) is 4.79 Å². The molecule has 0 aliphatic carbocycles. The van der Waals surface area contributed by atoms with Gasteiger partial charge in [0.25, 0.3) is 0 Å². The van der Waals surface area contributed by atoms with Crippen molar-refractivity contribution in [3.05, 3.63) is 42.3 Å². The fourth-order valence-corrected chi connectivity index (χ4v) is 0.994. The van der Waals surface area contributed by atoms with Crippen molar-refractivity contribution in [2.45, 2.75) is 19.8 Å². The Morgan fingerprint density at radius 1 is 1.33 bits per heavy atom. The lowest BCUT2D eigenvalue weighted by Crippen LogP contribution is -2.06. The first-order valence-corrected chi connectivity index (χ1v) is 4.93. The van der Waals surface area contributed by atoms with E-state index in [9.17, 15) is 4.79 Å². The molecular weight excluding hydrogens is 192 g/mol. The van der Waals surface area contributed by atoms with Gasteiger partial charge in [0.15, 0.2) is 0 Å². The summed E-state index contributed by atoms with van der Waals surface area (Å²) >= 11 is 0. The van der Waals surface area contributed by atoms with E-state index in [0.29, 0.717) is 12.2 Å². The Kier molecular flexibility index (Phi) is 4.84. The predicted octanol–water partition coefficient (Wildman–Crippen LogP) is 2.70. The number of carbonyl (C=O) groups is 1. The van der Waals surface area contributed by atoms with Gasteiger partial charge in [-0.15, -0.1) is 0 Å². The van der Waals surface area contributed by atoms with Crippen LogP contribution in [0.1, 0.15) is 28.8 Å². The smallest absolute Gasteiger partial charge is 0.293 e. The van der Waals surface area contributed by atoms with Crippen LogP contribution in [0.3, 0.4) is 0 Å². The Bertz CT molecular complexity index is 303. The van der Waals surface area contributed by atoms with E-state index in [-0.39, 0.29) is 0 Å². The van der Waals surface area contributed by atoms with Crippen LogP contribution < -0.4 is 0 Å². The summed E-state index contributed by atoms with van der Waals surface area (Å²) in [5, 5.41) is 0. The molecule has 1 aromatic rings. The number of benzene rings is 1. The van der Waals surface area contributed by atoms with E-state index in [0.717, 1.165) is 18.4 Å². The van der Waals surface area contributed by atoms with Crippen LogP contribution in [-0.2, 0) is 9.78 Å². The zero-order valence-corrected chi connectivity index (χ0v) is 8.86. The summed E-state index contributed by atoms with van der Waals surface area (Å²) in [4.78, 5) is 20.7. The topological polar surface area (TPSA) is 35.5 Å². The predicted molar refractivity (Wildman–Crippen MR) is 57.1 cm³/mol. The van der Waals surface area contributed by atoms with Crippen molar-refractivity contribution in [3.8, 4) is 0 Å². The molecule has 1 radical (unpaired) electrons. The first-order valence-electron chi connectivity index (χ1n) is 4.93. The van der Waals surface area contributed by atoms with Crippen LogP contribution in [0.4, 0.5) is 0 Å². The number of hydrogen-bond donors (Lipinski definition) is 0. The van der Waals surface area contributed by atoms with Crippen LogP contribution in [0.2, 0.25) is 0 Å². The van der Waals surface area contributed by atoms with E-state index in [1.54, 1.807) is 12.1 Å². The van der Waals surface area contributed by atoms with E-state index < -0.39 is 5.97 Å². The standard InChI is InChI=1S/C12H15O3/c1-3-4-9-14-15-12(13)11-7-5-10(2)6-8-11/h5-8H,1,3-4,9H2,2H3. The van der Waals surface area contributed by atoms with Crippen LogP contribution in [0.15, 0.2) is 24.3 Å². The maximum Gasteiger partial charge on any atom is 0.373 e. The van der Waals surface area contributed by atoms with Crippen LogP contribution in [-0.4, -0.2) is 12.6 Å². The zero-order valence-electron chi connectivity index (χ0n) is 8.86. The van der Waals surface area contributed by atoms with Gasteiger partial charge in [-0.3, -0.25) is 4.89 Å². The molecule has 0 bridgehead atoms. The molecule has 1 aromatic carbocycles. The Labute approximate surface area is 89.9 Å². The highest BCUT2D eigenvalue weighted by molar-refractivity contribution is 5.88. The SMILES string of the molecule is [CH2]CCCOOC(=O)c1ccc(C)cc1. The fourth-order valence-electron chi connectivity index (χ4n) is 0.994. The van der Waals surface area contributed by atoms with Crippen LogP contribution in [0, 0.1) is 13.8 Å². The van der Waals surface area contributed by atoms with Crippen LogP contribution in [0.5, 0.6) is 0 Å². The third-order valence-electron chi connectivity index (χ3n) is 1.90. The number of unbranched alkanes of at least 4 members (excludes halogenated alkanes) is 1. The molecule has 0 saturated carbocycles. The van der Waals surface area contributed by atoms with Crippen molar-refractivity contribution in [1.82, 2.24) is 0 Å². The summed E-state index contributed by atoms with van der Waals surface area (Å²) in [6.45, 7) is 6.00. The van der Waals surface area contributed by atoms with E-state index in [2.05, 4.69) is 11.8 Å². The Hall–Kier alpha value is -1.35. The van der Waals surface area contributed by atoms with Gasteiger partial charge in [-0.1, -0.05) is 31.0 Å². The summed E-state index contributed by atoms with van der Waals surface area (Å²) in [6, 6.07) is 7.13. The highest BCUT2D eigenvalue weighted by Crippen LogP contribution is 2.05. The lowest BCUT2D eigenvalue weighted by atomic mass is 10.2. The van der Waals surface area contributed by atoms with Crippen molar-refractivity contribution >= 4 is 5.97 Å².